The number of hydrogen-bond acceptors (Lipinski definition) is 2. The maximum atomic E-state index is 11.5. The molecule has 4 nitrogen and oxygen atoms in total. The summed E-state index contributed by atoms with van der Waals surface area (Å²) in [4.78, 5) is 13.8. The van der Waals surface area contributed by atoms with Gasteiger partial charge in [0.05, 0.1) is 0 Å². The van der Waals surface area contributed by atoms with Crippen molar-refractivity contribution in [3.63, 3.8) is 0 Å². The molecule has 0 radical (unpaired) electrons. The van der Waals surface area contributed by atoms with Gasteiger partial charge in [0.1, 0.15) is 0 Å². The van der Waals surface area contributed by atoms with Crippen LogP contribution in [0.5, 0.6) is 0 Å². The van der Waals surface area contributed by atoms with Gasteiger partial charge in [-0.3, -0.25) is 9.69 Å². The van der Waals surface area contributed by atoms with Gasteiger partial charge in [-0.25, -0.2) is 0 Å². The number of benzene rings is 1. The number of fused-ring (bicyclic) bond motifs is 2. The minimum atomic E-state index is -0.224. The molecule has 0 aliphatic carbocycles. The maximum absolute atomic E-state index is 11.5. The zero-order chi connectivity index (χ0) is 16.0. The van der Waals surface area contributed by atoms with Crippen molar-refractivity contribution in [2.45, 2.75) is 46.8 Å². The molecule has 22 heavy (non-hydrogen) atoms. The normalized spacial score (nSPS) is 16.2. The van der Waals surface area contributed by atoms with Crippen molar-refractivity contribution < 1.29 is 4.79 Å². The molecule has 1 atom stereocenters. The van der Waals surface area contributed by atoms with Gasteiger partial charge in [0, 0.05) is 42.1 Å². The fourth-order valence-corrected chi connectivity index (χ4v) is 3.68. The van der Waals surface area contributed by atoms with E-state index in [9.17, 15) is 4.79 Å². The van der Waals surface area contributed by atoms with E-state index in [1.165, 1.54) is 33.3 Å². The molecule has 3 rings (SSSR count). The van der Waals surface area contributed by atoms with E-state index in [0.29, 0.717) is 0 Å². The number of aromatic nitrogens is 1. The fraction of sp³-hybridized carbons (Fsp3) is 0.500. The highest BCUT2D eigenvalue weighted by molar-refractivity contribution is 5.88. The number of amides is 1. The first-order valence-electron chi connectivity index (χ1n) is 8.03. The molecular weight excluding hydrogens is 274 g/mol. The van der Waals surface area contributed by atoms with Gasteiger partial charge >= 0.3 is 0 Å². The SMILES string of the molecule is CCn1c(C)c(CC(C)C(N)=O)c2cc3c(cc21)CN(C)C3. The lowest BCUT2D eigenvalue weighted by molar-refractivity contribution is -0.121. The first-order chi connectivity index (χ1) is 10.4. The lowest BCUT2D eigenvalue weighted by Gasteiger charge is -2.08. The molecule has 1 unspecified atom stereocenters. The van der Waals surface area contributed by atoms with Gasteiger partial charge in [0.15, 0.2) is 0 Å². The van der Waals surface area contributed by atoms with Gasteiger partial charge in [-0.05, 0) is 56.1 Å². The van der Waals surface area contributed by atoms with Crippen LogP contribution in [0, 0.1) is 12.8 Å². The monoisotopic (exact) mass is 299 g/mol. The number of carbonyl (C=O) groups excluding carboxylic acids is 1. The molecule has 1 amide bonds. The fourth-order valence-electron chi connectivity index (χ4n) is 3.68. The molecule has 1 aromatic heterocycles. The Hall–Kier alpha value is -1.81. The Kier molecular flexibility index (Phi) is 3.73. The van der Waals surface area contributed by atoms with Crippen molar-refractivity contribution in [2.75, 3.05) is 7.05 Å². The second-order valence-corrected chi connectivity index (χ2v) is 6.63. The van der Waals surface area contributed by atoms with E-state index in [1.54, 1.807) is 0 Å². The lowest BCUT2D eigenvalue weighted by atomic mass is 9.96. The van der Waals surface area contributed by atoms with E-state index in [4.69, 9.17) is 5.73 Å². The quantitative estimate of drug-likeness (QED) is 0.943. The van der Waals surface area contributed by atoms with Crippen LogP contribution in [0.2, 0.25) is 0 Å². The Bertz CT molecular complexity index is 745. The van der Waals surface area contributed by atoms with Crippen LogP contribution < -0.4 is 5.73 Å². The summed E-state index contributed by atoms with van der Waals surface area (Å²) in [7, 11) is 2.15. The van der Waals surface area contributed by atoms with Crippen molar-refractivity contribution in [1.29, 1.82) is 0 Å². The molecule has 2 N–H and O–H groups in total. The first kappa shape index (κ1) is 15.1. The van der Waals surface area contributed by atoms with Crippen molar-refractivity contribution in [1.82, 2.24) is 9.47 Å². The van der Waals surface area contributed by atoms with Gasteiger partial charge in [0.2, 0.25) is 5.91 Å². The molecule has 0 saturated carbocycles. The summed E-state index contributed by atoms with van der Waals surface area (Å²) < 4.78 is 2.36. The first-order valence-corrected chi connectivity index (χ1v) is 8.03. The van der Waals surface area contributed by atoms with E-state index in [0.717, 1.165) is 26.1 Å². The van der Waals surface area contributed by atoms with Gasteiger partial charge < -0.3 is 10.3 Å². The number of primary amides is 1. The molecule has 1 aliphatic heterocycles. The maximum Gasteiger partial charge on any atom is 0.220 e. The standard InChI is InChI=1S/C18H25N3O/c1-5-21-12(3)15(6-11(2)18(19)22)16-7-13-9-20(4)10-14(13)8-17(16)21/h7-8,11H,5-6,9-10H2,1-4H3,(H2,19,22). The number of rotatable bonds is 4. The number of aryl methyl sites for hydroxylation is 1. The third-order valence-corrected chi connectivity index (χ3v) is 4.97. The average Bonchev–Trinajstić information content (AvgIpc) is 2.93. The predicted octanol–water partition coefficient (Wildman–Crippen LogP) is 2.58. The highest BCUT2D eigenvalue weighted by Gasteiger charge is 2.22. The van der Waals surface area contributed by atoms with Crippen molar-refractivity contribution in [3.05, 3.63) is 34.5 Å². The molecule has 0 fully saturated rings. The molecule has 2 heterocycles. The summed E-state index contributed by atoms with van der Waals surface area (Å²) >= 11 is 0. The zero-order valence-electron chi connectivity index (χ0n) is 13.9. The van der Waals surface area contributed by atoms with Crippen LogP contribution in [0.1, 0.15) is 36.2 Å². The number of carbonyl (C=O) groups is 1. The predicted molar refractivity (Wildman–Crippen MR) is 89.6 cm³/mol. The Balaban J connectivity index is 2.17. The van der Waals surface area contributed by atoms with Crippen LogP contribution in [-0.2, 0) is 30.8 Å². The van der Waals surface area contributed by atoms with Crippen LogP contribution in [-0.4, -0.2) is 22.4 Å². The topological polar surface area (TPSA) is 51.3 Å². The summed E-state index contributed by atoms with van der Waals surface area (Å²) in [6.45, 7) is 9.22. The molecule has 0 bridgehead atoms. The molecule has 0 spiro atoms. The summed E-state index contributed by atoms with van der Waals surface area (Å²) in [5.41, 5.74) is 12.2. The molecule has 1 aromatic carbocycles. The van der Waals surface area contributed by atoms with Crippen LogP contribution in [0.4, 0.5) is 0 Å². The van der Waals surface area contributed by atoms with Gasteiger partial charge in [-0.15, -0.1) is 0 Å². The van der Waals surface area contributed by atoms with Crippen molar-refractivity contribution >= 4 is 16.8 Å². The lowest BCUT2D eigenvalue weighted by Crippen LogP contribution is -2.22. The second kappa shape index (κ2) is 5.43. The largest absolute Gasteiger partial charge is 0.369 e. The van der Waals surface area contributed by atoms with Crippen LogP contribution >= 0.6 is 0 Å². The van der Waals surface area contributed by atoms with Gasteiger partial charge in [-0.1, -0.05) is 6.92 Å². The summed E-state index contributed by atoms with van der Waals surface area (Å²) in [5, 5.41) is 1.29. The van der Waals surface area contributed by atoms with E-state index >= 15 is 0 Å². The Morgan fingerprint density at radius 2 is 1.95 bits per heavy atom. The molecule has 1 aliphatic rings. The van der Waals surface area contributed by atoms with Crippen molar-refractivity contribution in [3.8, 4) is 0 Å². The Morgan fingerprint density at radius 1 is 1.32 bits per heavy atom. The van der Waals surface area contributed by atoms with Crippen LogP contribution in [0.25, 0.3) is 10.9 Å². The number of hydrogen-bond donors (Lipinski definition) is 1. The van der Waals surface area contributed by atoms with E-state index in [-0.39, 0.29) is 11.8 Å². The summed E-state index contributed by atoms with van der Waals surface area (Å²) in [6.07, 6.45) is 0.722. The molecule has 4 heteroatoms. The Morgan fingerprint density at radius 3 is 2.55 bits per heavy atom. The minimum absolute atomic E-state index is 0.134. The van der Waals surface area contributed by atoms with Gasteiger partial charge in [-0.2, -0.15) is 0 Å². The summed E-state index contributed by atoms with van der Waals surface area (Å²) in [6, 6.07) is 4.67. The molecule has 0 saturated heterocycles. The van der Waals surface area contributed by atoms with E-state index in [1.807, 2.05) is 6.92 Å². The third kappa shape index (κ3) is 2.31. The van der Waals surface area contributed by atoms with Crippen molar-refractivity contribution in [2.24, 2.45) is 11.7 Å². The highest BCUT2D eigenvalue weighted by atomic mass is 16.1. The average molecular weight is 299 g/mol. The van der Waals surface area contributed by atoms with E-state index < -0.39 is 0 Å². The van der Waals surface area contributed by atoms with Crippen LogP contribution in [0.3, 0.4) is 0 Å². The Labute approximate surface area is 131 Å². The smallest absolute Gasteiger partial charge is 0.220 e. The molecule has 2 aromatic rings. The molecular formula is C18H25N3O. The van der Waals surface area contributed by atoms with E-state index in [2.05, 4.69) is 42.5 Å². The minimum Gasteiger partial charge on any atom is -0.369 e. The van der Waals surface area contributed by atoms with Crippen LogP contribution in [0.15, 0.2) is 12.1 Å². The molecule has 118 valence electrons. The second-order valence-electron chi connectivity index (χ2n) is 6.63. The van der Waals surface area contributed by atoms with Gasteiger partial charge in [0.25, 0.3) is 0 Å². The summed E-state index contributed by atoms with van der Waals surface area (Å²) in [5.74, 6) is -0.358. The highest BCUT2D eigenvalue weighted by Crippen LogP contribution is 2.33. The zero-order valence-corrected chi connectivity index (χ0v) is 13.9. The number of nitrogens with two attached hydrogens (primary N) is 1. The third-order valence-electron chi connectivity index (χ3n) is 4.97. The number of nitrogens with zero attached hydrogens (tertiary/aromatic N) is 2.